The van der Waals surface area contributed by atoms with E-state index in [0.29, 0.717) is 22.6 Å². The maximum Gasteiger partial charge on any atom is 0.341 e. The normalized spacial score (nSPS) is 15.0. The van der Waals surface area contributed by atoms with Crippen LogP contribution >= 0.6 is 0 Å². The van der Waals surface area contributed by atoms with Crippen molar-refractivity contribution in [2.75, 3.05) is 21.2 Å². The minimum absolute atomic E-state index is 0.0211. The van der Waals surface area contributed by atoms with Gasteiger partial charge in [-0.2, -0.15) is 4.31 Å². The van der Waals surface area contributed by atoms with Gasteiger partial charge in [0.25, 0.3) is 5.91 Å². The molecular weight excluding hydrogens is 432 g/mol. The third kappa shape index (κ3) is 5.05. The molecule has 0 bridgehead atoms. The molecule has 0 N–H and O–H groups in total. The molecular formula is C23H30N2O6S. The number of hydrogen-bond donors (Lipinski definition) is 0. The Morgan fingerprint density at radius 3 is 2.31 bits per heavy atom. The second kappa shape index (κ2) is 9.87. The minimum Gasteiger partial charge on any atom is -0.465 e. The molecule has 2 aromatic rings. The monoisotopic (exact) mass is 462 g/mol. The van der Waals surface area contributed by atoms with Gasteiger partial charge in [0.2, 0.25) is 10.0 Å². The number of sulfonamides is 1. The molecule has 0 aliphatic heterocycles. The number of furan rings is 1. The highest BCUT2D eigenvalue weighted by Gasteiger charge is 2.29. The topological polar surface area (TPSA) is 97.1 Å². The van der Waals surface area contributed by atoms with Gasteiger partial charge in [-0.15, -0.1) is 0 Å². The predicted octanol–water partition coefficient (Wildman–Crippen LogP) is 3.60. The fraction of sp³-hybridized carbons (Fsp3) is 0.478. The standard InChI is InChI=1S/C23H30N2O6S/c1-16-21(23(27)30-4)14-19(31-16)15-24(2)22(26)17-10-12-20(13-11-17)32(28,29)25(3)18-8-6-5-7-9-18/h10-14,18H,5-9,15H2,1-4H3. The van der Waals surface area contributed by atoms with Crippen molar-refractivity contribution in [3.63, 3.8) is 0 Å². The number of carbonyl (C=O) groups is 2. The van der Waals surface area contributed by atoms with Crippen molar-refractivity contribution in [3.05, 3.63) is 53.0 Å². The average Bonchev–Trinajstić information content (AvgIpc) is 3.17. The van der Waals surface area contributed by atoms with E-state index >= 15 is 0 Å². The average molecular weight is 463 g/mol. The molecule has 3 rings (SSSR count). The van der Waals surface area contributed by atoms with E-state index < -0.39 is 16.0 Å². The molecule has 9 heteroatoms. The van der Waals surface area contributed by atoms with Gasteiger partial charge < -0.3 is 14.1 Å². The summed E-state index contributed by atoms with van der Waals surface area (Å²) in [5, 5.41) is 0. The highest BCUT2D eigenvalue weighted by atomic mass is 32.2. The quantitative estimate of drug-likeness (QED) is 0.583. The highest BCUT2D eigenvalue weighted by Crippen LogP contribution is 2.27. The summed E-state index contributed by atoms with van der Waals surface area (Å²) in [5.74, 6) is 0.0844. The molecule has 0 unspecified atom stereocenters. The molecule has 32 heavy (non-hydrogen) atoms. The summed E-state index contributed by atoms with van der Waals surface area (Å²) in [7, 11) is 0.921. The molecule has 1 aliphatic carbocycles. The van der Waals surface area contributed by atoms with E-state index in [0.717, 1.165) is 32.1 Å². The van der Waals surface area contributed by atoms with E-state index in [4.69, 9.17) is 9.15 Å². The van der Waals surface area contributed by atoms with Crippen LogP contribution in [0.2, 0.25) is 0 Å². The van der Waals surface area contributed by atoms with E-state index in [9.17, 15) is 18.0 Å². The molecule has 0 spiro atoms. The fourth-order valence-corrected chi connectivity index (χ4v) is 5.45. The Morgan fingerprint density at radius 1 is 1.09 bits per heavy atom. The first kappa shape index (κ1) is 24.0. The van der Waals surface area contributed by atoms with E-state index in [1.807, 2.05) is 0 Å². The maximum absolute atomic E-state index is 13.0. The van der Waals surface area contributed by atoms with Crippen LogP contribution < -0.4 is 0 Å². The largest absolute Gasteiger partial charge is 0.465 e. The molecule has 1 fully saturated rings. The number of carbonyl (C=O) groups excluding carboxylic acids is 2. The molecule has 1 aromatic heterocycles. The van der Waals surface area contributed by atoms with Gasteiger partial charge in [0.1, 0.15) is 17.1 Å². The van der Waals surface area contributed by atoms with Crippen LogP contribution in [0.3, 0.4) is 0 Å². The van der Waals surface area contributed by atoms with Crippen LogP contribution in [-0.2, 0) is 21.3 Å². The lowest BCUT2D eigenvalue weighted by Crippen LogP contribution is -2.38. The highest BCUT2D eigenvalue weighted by molar-refractivity contribution is 7.89. The number of amides is 1. The van der Waals surface area contributed by atoms with Crippen molar-refractivity contribution in [1.82, 2.24) is 9.21 Å². The molecule has 1 saturated carbocycles. The summed E-state index contributed by atoms with van der Waals surface area (Å²) in [5.41, 5.74) is 0.684. The van der Waals surface area contributed by atoms with Crippen molar-refractivity contribution in [2.24, 2.45) is 0 Å². The molecule has 1 amide bonds. The van der Waals surface area contributed by atoms with E-state index in [-0.39, 0.29) is 23.4 Å². The molecule has 1 heterocycles. The van der Waals surface area contributed by atoms with Crippen molar-refractivity contribution < 1.29 is 27.2 Å². The molecule has 8 nitrogen and oxygen atoms in total. The predicted molar refractivity (Wildman–Crippen MR) is 119 cm³/mol. The van der Waals surface area contributed by atoms with Crippen molar-refractivity contribution in [3.8, 4) is 0 Å². The minimum atomic E-state index is -3.61. The Bertz CT molecular complexity index is 1070. The number of ether oxygens (including phenoxy) is 1. The van der Waals surface area contributed by atoms with Crippen molar-refractivity contribution in [1.29, 1.82) is 0 Å². The lowest BCUT2D eigenvalue weighted by atomic mass is 9.96. The van der Waals surface area contributed by atoms with Crippen LogP contribution in [0.25, 0.3) is 0 Å². The Hall–Kier alpha value is -2.65. The van der Waals surface area contributed by atoms with Crippen LogP contribution in [-0.4, -0.2) is 56.7 Å². The van der Waals surface area contributed by atoms with Crippen molar-refractivity contribution >= 4 is 21.9 Å². The summed E-state index contributed by atoms with van der Waals surface area (Å²) >= 11 is 0. The van der Waals surface area contributed by atoms with Gasteiger partial charge in [-0.05, 0) is 50.1 Å². The Labute approximate surface area is 189 Å². The van der Waals surface area contributed by atoms with Gasteiger partial charge in [-0.25, -0.2) is 13.2 Å². The van der Waals surface area contributed by atoms with Gasteiger partial charge in [0.15, 0.2) is 0 Å². The lowest BCUT2D eigenvalue weighted by molar-refractivity contribution is 0.0598. The van der Waals surface area contributed by atoms with Gasteiger partial charge in [0, 0.05) is 25.7 Å². The number of benzene rings is 1. The zero-order valence-corrected chi connectivity index (χ0v) is 19.8. The molecule has 0 atom stereocenters. The van der Waals surface area contributed by atoms with Gasteiger partial charge in [-0.3, -0.25) is 4.79 Å². The van der Waals surface area contributed by atoms with E-state index in [2.05, 4.69) is 0 Å². The van der Waals surface area contributed by atoms with Gasteiger partial charge in [0.05, 0.1) is 18.6 Å². The number of aryl methyl sites for hydroxylation is 1. The van der Waals surface area contributed by atoms with Crippen LogP contribution in [0.4, 0.5) is 0 Å². The summed E-state index contributed by atoms with van der Waals surface area (Å²) in [6.07, 6.45) is 4.99. The van der Waals surface area contributed by atoms with E-state index in [1.165, 1.54) is 40.6 Å². The summed E-state index contributed by atoms with van der Waals surface area (Å²) < 4.78 is 37.7. The third-order valence-corrected chi connectivity index (χ3v) is 7.91. The second-order valence-electron chi connectivity index (χ2n) is 8.17. The first-order valence-electron chi connectivity index (χ1n) is 10.7. The maximum atomic E-state index is 13.0. The molecule has 1 aromatic carbocycles. The Kier molecular flexibility index (Phi) is 7.40. The first-order valence-corrected chi connectivity index (χ1v) is 12.1. The Balaban J connectivity index is 1.69. The number of nitrogens with zero attached hydrogens (tertiary/aromatic N) is 2. The first-order chi connectivity index (χ1) is 15.1. The van der Waals surface area contributed by atoms with Gasteiger partial charge in [-0.1, -0.05) is 19.3 Å². The van der Waals surface area contributed by atoms with Crippen LogP contribution in [0.5, 0.6) is 0 Å². The molecule has 1 aliphatic rings. The van der Waals surface area contributed by atoms with Crippen LogP contribution in [0.1, 0.15) is 64.3 Å². The van der Waals surface area contributed by atoms with Crippen LogP contribution in [0, 0.1) is 6.92 Å². The number of hydrogen-bond acceptors (Lipinski definition) is 6. The third-order valence-electron chi connectivity index (χ3n) is 5.98. The number of esters is 1. The SMILES string of the molecule is COC(=O)c1cc(CN(C)C(=O)c2ccc(S(=O)(=O)N(C)C3CCCCC3)cc2)oc1C. The fourth-order valence-electron chi connectivity index (χ4n) is 4.04. The number of methoxy groups -OCH3 is 1. The zero-order valence-electron chi connectivity index (χ0n) is 19.0. The summed E-state index contributed by atoms with van der Waals surface area (Å²) in [6, 6.07) is 7.57. The van der Waals surface area contributed by atoms with Crippen LogP contribution in [0.15, 0.2) is 39.6 Å². The lowest BCUT2D eigenvalue weighted by Gasteiger charge is -2.30. The Morgan fingerprint density at radius 2 is 1.72 bits per heavy atom. The summed E-state index contributed by atoms with van der Waals surface area (Å²) in [4.78, 5) is 26.2. The van der Waals surface area contributed by atoms with Crippen molar-refractivity contribution in [2.45, 2.75) is 56.5 Å². The molecule has 174 valence electrons. The van der Waals surface area contributed by atoms with Gasteiger partial charge >= 0.3 is 5.97 Å². The van der Waals surface area contributed by atoms with E-state index in [1.54, 1.807) is 27.1 Å². The molecule has 0 saturated heterocycles. The number of rotatable bonds is 7. The smallest absolute Gasteiger partial charge is 0.341 e. The molecule has 0 radical (unpaired) electrons. The zero-order chi connectivity index (χ0) is 23.5. The summed E-state index contributed by atoms with van der Waals surface area (Å²) in [6.45, 7) is 1.81. The second-order valence-corrected chi connectivity index (χ2v) is 10.2.